The largest absolute Gasteiger partial charge is 0.390 e. The van der Waals surface area contributed by atoms with Crippen molar-refractivity contribution in [1.82, 2.24) is 19.9 Å². The minimum absolute atomic E-state index is 0.0196. The van der Waals surface area contributed by atoms with Gasteiger partial charge in [-0.3, -0.25) is 4.68 Å². The molecule has 1 aliphatic heterocycles. The lowest BCUT2D eigenvalue weighted by molar-refractivity contribution is 0.146. The molecule has 1 aromatic rings. The van der Waals surface area contributed by atoms with E-state index in [0.717, 1.165) is 12.5 Å². The van der Waals surface area contributed by atoms with Gasteiger partial charge in [0.2, 0.25) is 0 Å². The molecule has 0 amide bonds. The maximum atomic E-state index is 9.02. The number of aromatic nitrogens is 3. The van der Waals surface area contributed by atoms with Crippen molar-refractivity contribution in [2.75, 3.05) is 19.6 Å². The quantitative estimate of drug-likeness (QED) is 0.841. The van der Waals surface area contributed by atoms with Crippen molar-refractivity contribution in [3.05, 3.63) is 24.0 Å². The van der Waals surface area contributed by atoms with E-state index >= 15 is 0 Å². The first-order valence-corrected chi connectivity index (χ1v) is 8.20. The summed E-state index contributed by atoms with van der Waals surface area (Å²) in [5, 5.41) is 17.0. The van der Waals surface area contributed by atoms with Crippen LogP contribution in [0.25, 0.3) is 0 Å². The Kier molecular flexibility index (Phi) is 5.04. The smallest absolute Gasteiger partial charge is 0.108 e. The standard InChI is InChI=1S/C16H26N4O/c21-13-16-12-20(18-17-16)11-15-6-8-19(9-7-15)10-14-4-2-1-3-5-14/h1-2,12,14-15,21H,3-11,13H2/t14-/m1/s1. The summed E-state index contributed by atoms with van der Waals surface area (Å²) < 4.78 is 1.89. The van der Waals surface area contributed by atoms with Crippen LogP contribution in [0.15, 0.2) is 18.3 Å². The second-order valence-corrected chi connectivity index (χ2v) is 6.48. The first-order valence-electron chi connectivity index (χ1n) is 8.20. The zero-order valence-corrected chi connectivity index (χ0v) is 12.7. The highest BCUT2D eigenvalue weighted by molar-refractivity contribution is 4.92. The maximum absolute atomic E-state index is 9.02. The molecule has 1 aromatic heterocycles. The molecule has 0 spiro atoms. The summed E-state index contributed by atoms with van der Waals surface area (Å²) in [6.45, 7) is 4.62. The van der Waals surface area contributed by atoms with Gasteiger partial charge in [-0.1, -0.05) is 17.4 Å². The van der Waals surface area contributed by atoms with E-state index in [0.29, 0.717) is 11.6 Å². The zero-order chi connectivity index (χ0) is 14.5. The fraction of sp³-hybridized carbons (Fsp3) is 0.750. The molecule has 0 aromatic carbocycles. The monoisotopic (exact) mass is 290 g/mol. The highest BCUT2D eigenvalue weighted by Gasteiger charge is 2.22. The lowest BCUT2D eigenvalue weighted by Crippen LogP contribution is -2.38. The predicted octanol–water partition coefficient (Wildman–Crippen LogP) is 1.84. The Morgan fingerprint density at radius 1 is 1.10 bits per heavy atom. The Hall–Kier alpha value is -1.20. The van der Waals surface area contributed by atoms with E-state index in [1.54, 1.807) is 0 Å². The number of likely N-dealkylation sites (tertiary alicyclic amines) is 1. The molecule has 0 saturated carbocycles. The highest BCUT2D eigenvalue weighted by Crippen LogP contribution is 2.23. The summed E-state index contributed by atoms with van der Waals surface area (Å²) in [6, 6.07) is 0. The molecule has 2 heterocycles. The predicted molar refractivity (Wildman–Crippen MR) is 81.6 cm³/mol. The Bertz CT molecular complexity index is 463. The van der Waals surface area contributed by atoms with Gasteiger partial charge in [-0.25, -0.2) is 0 Å². The van der Waals surface area contributed by atoms with Gasteiger partial charge in [0.25, 0.3) is 0 Å². The van der Waals surface area contributed by atoms with Crippen LogP contribution in [0.3, 0.4) is 0 Å². The SMILES string of the molecule is OCc1cn(CC2CCN(C[C@@H]3CC=CCC3)CC2)nn1. The topological polar surface area (TPSA) is 54.2 Å². The first kappa shape index (κ1) is 14.7. The summed E-state index contributed by atoms with van der Waals surface area (Å²) >= 11 is 0. The molecule has 1 fully saturated rings. The molecule has 3 rings (SSSR count). The van der Waals surface area contributed by atoms with E-state index in [1.165, 1.54) is 51.7 Å². The zero-order valence-electron chi connectivity index (χ0n) is 12.7. The average molecular weight is 290 g/mol. The molecule has 5 nitrogen and oxygen atoms in total. The molecule has 1 N–H and O–H groups in total. The summed E-state index contributed by atoms with van der Waals surface area (Å²) in [5.74, 6) is 1.56. The lowest BCUT2D eigenvalue weighted by Gasteiger charge is -2.34. The number of nitrogens with zero attached hydrogens (tertiary/aromatic N) is 4. The van der Waals surface area contributed by atoms with Gasteiger partial charge in [0, 0.05) is 13.1 Å². The molecule has 1 atom stereocenters. The fourth-order valence-electron chi connectivity index (χ4n) is 3.50. The molecule has 0 bridgehead atoms. The van der Waals surface area contributed by atoms with Crippen LogP contribution >= 0.6 is 0 Å². The molecule has 116 valence electrons. The lowest BCUT2D eigenvalue weighted by atomic mass is 9.91. The third-order valence-electron chi connectivity index (χ3n) is 4.79. The van der Waals surface area contributed by atoms with Gasteiger partial charge in [-0.15, -0.1) is 5.10 Å². The normalized spacial score (nSPS) is 24.5. The number of allylic oxidation sites excluding steroid dienone is 2. The molecular formula is C16H26N4O. The number of rotatable bonds is 5. The van der Waals surface area contributed by atoms with Crippen molar-refractivity contribution in [2.24, 2.45) is 11.8 Å². The number of aliphatic hydroxyl groups is 1. The van der Waals surface area contributed by atoms with Crippen molar-refractivity contribution in [3.8, 4) is 0 Å². The van der Waals surface area contributed by atoms with Crippen molar-refractivity contribution in [2.45, 2.75) is 45.3 Å². The molecule has 1 saturated heterocycles. The fourth-order valence-corrected chi connectivity index (χ4v) is 3.50. The molecule has 21 heavy (non-hydrogen) atoms. The highest BCUT2D eigenvalue weighted by atomic mass is 16.3. The van der Waals surface area contributed by atoms with Gasteiger partial charge in [-0.2, -0.15) is 0 Å². The average Bonchev–Trinajstić information content (AvgIpc) is 2.98. The van der Waals surface area contributed by atoms with Crippen LogP contribution < -0.4 is 0 Å². The van der Waals surface area contributed by atoms with Gasteiger partial charge >= 0.3 is 0 Å². The second kappa shape index (κ2) is 7.18. The summed E-state index contributed by atoms with van der Waals surface area (Å²) in [6.07, 6.45) is 12.9. The van der Waals surface area contributed by atoms with Crippen LogP contribution in [0.1, 0.15) is 37.8 Å². The number of aliphatic hydroxyl groups excluding tert-OH is 1. The molecule has 5 heteroatoms. The van der Waals surface area contributed by atoms with E-state index < -0.39 is 0 Å². The molecular weight excluding hydrogens is 264 g/mol. The summed E-state index contributed by atoms with van der Waals surface area (Å²) in [7, 11) is 0. The third kappa shape index (κ3) is 4.14. The van der Waals surface area contributed by atoms with E-state index in [-0.39, 0.29) is 6.61 Å². The Balaban J connectivity index is 1.41. The van der Waals surface area contributed by atoms with Crippen LogP contribution in [0.4, 0.5) is 0 Å². The Labute approximate surface area is 126 Å². The van der Waals surface area contributed by atoms with Gasteiger partial charge in [0.05, 0.1) is 12.8 Å². The molecule has 0 unspecified atom stereocenters. The number of hydrogen-bond donors (Lipinski definition) is 1. The Morgan fingerprint density at radius 2 is 1.95 bits per heavy atom. The maximum Gasteiger partial charge on any atom is 0.108 e. The van der Waals surface area contributed by atoms with Gasteiger partial charge in [0.1, 0.15) is 5.69 Å². The van der Waals surface area contributed by atoms with Crippen LogP contribution in [0.5, 0.6) is 0 Å². The molecule has 0 radical (unpaired) electrons. The van der Waals surface area contributed by atoms with Crippen molar-refractivity contribution in [3.63, 3.8) is 0 Å². The third-order valence-corrected chi connectivity index (χ3v) is 4.79. The van der Waals surface area contributed by atoms with Crippen LogP contribution in [0.2, 0.25) is 0 Å². The number of hydrogen-bond acceptors (Lipinski definition) is 4. The van der Waals surface area contributed by atoms with Gasteiger partial charge in [0.15, 0.2) is 0 Å². The minimum Gasteiger partial charge on any atom is -0.390 e. The number of piperidine rings is 1. The molecule has 2 aliphatic rings. The second-order valence-electron chi connectivity index (χ2n) is 6.48. The van der Waals surface area contributed by atoms with E-state index in [2.05, 4.69) is 27.4 Å². The van der Waals surface area contributed by atoms with E-state index in [4.69, 9.17) is 5.11 Å². The minimum atomic E-state index is -0.0196. The summed E-state index contributed by atoms with van der Waals surface area (Å²) in [4.78, 5) is 2.64. The first-order chi connectivity index (χ1) is 10.3. The van der Waals surface area contributed by atoms with Gasteiger partial charge < -0.3 is 10.0 Å². The van der Waals surface area contributed by atoms with Crippen molar-refractivity contribution in [1.29, 1.82) is 0 Å². The van der Waals surface area contributed by atoms with Crippen molar-refractivity contribution < 1.29 is 5.11 Å². The van der Waals surface area contributed by atoms with Crippen LogP contribution in [0, 0.1) is 11.8 Å². The Morgan fingerprint density at radius 3 is 2.62 bits per heavy atom. The molecule has 1 aliphatic carbocycles. The van der Waals surface area contributed by atoms with E-state index in [1.807, 2.05) is 10.9 Å². The van der Waals surface area contributed by atoms with Crippen molar-refractivity contribution >= 4 is 0 Å². The van der Waals surface area contributed by atoms with Crippen LogP contribution in [-0.2, 0) is 13.2 Å². The summed E-state index contributed by atoms with van der Waals surface area (Å²) in [5.41, 5.74) is 0.665. The van der Waals surface area contributed by atoms with Crippen LogP contribution in [-0.4, -0.2) is 44.6 Å². The van der Waals surface area contributed by atoms with E-state index in [9.17, 15) is 0 Å². The van der Waals surface area contributed by atoms with Gasteiger partial charge in [-0.05, 0) is 57.0 Å².